The number of carbonyl (C=O) groups excluding carboxylic acids is 1. The van der Waals surface area contributed by atoms with E-state index in [1.54, 1.807) is 12.3 Å². The van der Waals surface area contributed by atoms with Crippen molar-refractivity contribution in [1.82, 2.24) is 19.1 Å². The molecule has 1 aliphatic heterocycles. The first-order valence-electron chi connectivity index (χ1n) is 8.63. The Bertz CT molecular complexity index is 1010. The van der Waals surface area contributed by atoms with Gasteiger partial charge < -0.3 is 9.47 Å². The zero-order valence-corrected chi connectivity index (χ0v) is 16.0. The van der Waals surface area contributed by atoms with Crippen LogP contribution in [0.1, 0.15) is 34.8 Å². The van der Waals surface area contributed by atoms with Crippen molar-refractivity contribution < 1.29 is 4.79 Å². The maximum absolute atomic E-state index is 12.7. The first kappa shape index (κ1) is 17.0. The fraction of sp³-hybridized carbons (Fsp3) is 0.316. The molecule has 1 aromatic carbocycles. The molecular formula is C19H19BrN4O2. The minimum atomic E-state index is -0.105. The lowest BCUT2D eigenvalue weighted by atomic mass is 9.92. The van der Waals surface area contributed by atoms with E-state index in [2.05, 4.69) is 21.0 Å². The Morgan fingerprint density at radius 3 is 2.54 bits per heavy atom. The van der Waals surface area contributed by atoms with Crippen LogP contribution < -0.4 is 5.56 Å². The highest BCUT2D eigenvalue weighted by Gasteiger charge is 2.26. The third kappa shape index (κ3) is 2.96. The van der Waals surface area contributed by atoms with Crippen LogP contribution >= 0.6 is 15.9 Å². The van der Waals surface area contributed by atoms with Crippen molar-refractivity contribution in [2.75, 3.05) is 13.1 Å². The molecule has 1 amide bonds. The van der Waals surface area contributed by atoms with Gasteiger partial charge in [-0.3, -0.25) is 9.59 Å². The summed E-state index contributed by atoms with van der Waals surface area (Å²) in [5.74, 6) is 0.331. The summed E-state index contributed by atoms with van der Waals surface area (Å²) in [7, 11) is 1.96. The van der Waals surface area contributed by atoms with Gasteiger partial charge >= 0.3 is 0 Å². The number of carbonyl (C=O) groups is 1. The molecule has 3 aromatic rings. The molecule has 0 radical (unpaired) electrons. The molecule has 6 nitrogen and oxygen atoms in total. The number of aromatic nitrogens is 3. The number of rotatable bonds is 2. The third-order valence-electron chi connectivity index (χ3n) is 5.13. The fourth-order valence-corrected chi connectivity index (χ4v) is 3.95. The highest BCUT2D eigenvalue weighted by molar-refractivity contribution is 9.10. The van der Waals surface area contributed by atoms with E-state index in [1.807, 2.05) is 46.8 Å². The number of hydrogen-bond donors (Lipinski definition) is 0. The Morgan fingerprint density at radius 1 is 1.15 bits per heavy atom. The van der Waals surface area contributed by atoms with Gasteiger partial charge in [-0.1, -0.05) is 15.9 Å². The van der Waals surface area contributed by atoms with Crippen molar-refractivity contribution in [2.45, 2.75) is 18.8 Å². The van der Waals surface area contributed by atoms with E-state index >= 15 is 0 Å². The zero-order chi connectivity index (χ0) is 18.3. The number of nitrogens with zero attached hydrogens (tertiary/aromatic N) is 4. The number of fused-ring (bicyclic) bond motifs is 1. The van der Waals surface area contributed by atoms with Crippen molar-refractivity contribution in [1.29, 1.82) is 0 Å². The Kier molecular flexibility index (Phi) is 4.40. The summed E-state index contributed by atoms with van der Waals surface area (Å²) in [6.07, 6.45) is 3.33. The lowest BCUT2D eigenvalue weighted by Crippen LogP contribution is -2.38. The zero-order valence-electron chi connectivity index (χ0n) is 14.4. The molecular weight excluding hydrogens is 396 g/mol. The van der Waals surface area contributed by atoms with Crippen LogP contribution in [0.15, 0.2) is 51.9 Å². The van der Waals surface area contributed by atoms with E-state index in [1.165, 1.54) is 4.52 Å². The second kappa shape index (κ2) is 6.72. The largest absolute Gasteiger partial charge is 0.339 e. The third-order valence-corrected chi connectivity index (χ3v) is 5.65. The monoisotopic (exact) mass is 414 g/mol. The molecule has 0 N–H and O–H groups in total. The number of halogens is 1. The van der Waals surface area contributed by atoms with Gasteiger partial charge in [-0.2, -0.15) is 9.61 Å². The standard InChI is InChI=1S/C19H19BrN4O2/c1-22-16(12-18(25)24-17(22)6-9-21-24)13-7-10-23(11-8-13)19(26)14-2-4-15(20)5-3-14/h2-6,9,12-13H,7-8,10-11H2,1H3. The molecule has 26 heavy (non-hydrogen) atoms. The molecule has 134 valence electrons. The van der Waals surface area contributed by atoms with E-state index in [0.717, 1.165) is 28.7 Å². The lowest BCUT2D eigenvalue weighted by Gasteiger charge is -2.33. The molecule has 0 spiro atoms. The summed E-state index contributed by atoms with van der Waals surface area (Å²) in [5, 5.41) is 4.07. The van der Waals surface area contributed by atoms with Crippen LogP contribution in [0.3, 0.4) is 0 Å². The van der Waals surface area contributed by atoms with Crippen LogP contribution in [0.2, 0.25) is 0 Å². The van der Waals surface area contributed by atoms with E-state index in [0.29, 0.717) is 18.7 Å². The van der Waals surface area contributed by atoms with E-state index in [9.17, 15) is 9.59 Å². The molecule has 0 saturated carbocycles. The molecule has 2 aromatic heterocycles. The molecule has 3 heterocycles. The Labute approximate surface area is 159 Å². The molecule has 0 aliphatic carbocycles. The summed E-state index contributed by atoms with van der Waals surface area (Å²) in [6, 6.07) is 11.0. The minimum Gasteiger partial charge on any atom is -0.339 e. The molecule has 1 aliphatic rings. The summed E-state index contributed by atoms with van der Waals surface area (Å²) in [5.41, 5.74) is 2.41. The van der Waals surface area contributed by atoms with Crippen LogP contribution in [0.25, 0.3) is 5.65 Å². The Hall–Kier alpha value is -2.41. The summed E-state index contributed by atoms with van der Waals surface area (Å²) >= 11 is 3.39. The highest BCUT2D eigenvalue weighted by Crippen LogP contribution is 2.28. The van der Waals surface area contributed by atoms with E-state index in [4.69, 9.17) is 0 Å². The number of piperidine rings is 1. The molecule has 1 fully saturated rings. The van der Waals surface area contributed by atoms with Crippen LogP contribution in [0.4, 0.5) is 0 Å². The quantitative estimate of drug-likeness (QED) is 0.647. The fourth-order valence-electron chi connectivity index (χ4n) is 3.68. The predicted octanol–water partition coefficient (Wildman–Crippen LogP) is 2.82. The second-order valence-electron chi connectivity index (χ2n) is 6.64. The van der Waals surface area contributed by atoms with Crippen molar-refractivity contribution >= 4 is 27.5 Å². The Morgan fingerprint density at radius 2 is 1.85 bits per heavy atom. The Balaban J connectivity index is 1.52. The van der Waals surface area contributed by atoms with Gasteiger partial charge in [-0.05, 0) is 37.1 Å². The lowest BCUT2D eigenvalue weighted by molar-refractivity contribution is 0.0711. The van der Waals surface area contributed by atoms with Crippen molar-refractivity contribution in [3.8, 4) is 0 Å². The number of aryl methyl sites for hydroxylation is 1. The maximum Gasteiger partial charge on any atom is 0.274 e. The van der Waals surface area contributed by atoms with Gasteiger partial charge in [0.15, 0.2) is 0 Å². The molecule has 1 saturated heterocycles. The van der Waals surface area contributed by atoms with Gasteiger partial charge in [0.1, 0.15) is 5.65 Å². The number of amides is 1. The van der Waals surface area contributed by atoms with Gasteiger partial charge in [0.25, 0.3) is 11.5 Å². The summed E-state index contributed by atoms with van der Waals surface area (Å²) in [4.78, 5) is 26.8. The normalized spacial score (nSPS) is 15.5. The first-order chi connectivity index (χ1) is 12.5. The maximum atomic E-state index is 12.7. The van der Waals surface area contributed by atoms with Crippen molar-refractivity contribution in [2.24, 2.45) is 7.05 Å². The molecule has 0 unspecified atom stereocenters. The predicted molar refractivity (Wildman–Crippen MR) is 102 cm³/mol. The molecule has 0 atom stereocenters. The number of likely N-dealkylation sites (tertiary alicyclic amines) is 1. The van der Waals surface area contributed by atoms with Gasteiger partial charge in [0.05, 0.1) is 6.20 Å². The highest BCUT2D eigenvalue weighted by atomic mass is 79.9. The van der Waals surface area contributed by atoms with Crippen molar-refractivity contribution in [3.05, 3.63) is 68.7 Å². The van der Waals surface area contributed by atoms with Crippen molar-refractivity contribution in [3.63, 3.8) is 0 Å². The molecule has 4 rings (SSSR count). The van der Waals surface area contributed by atoms with Gasteiger partial charge in [0.2, 0.25) is 0 Å². The second-order valence-corrected chi connectivity index (χ2v) is 7.56. The topological polar surface area (TPSA) is 59.6 Å². The molecule has 7 heteroatoms. The average molecular weight is 415 g/mol. The van der Waals surface area contributed by atoms with Gasteiger partial charge in [0, 0.05) is 53.9 Å². The molecule has 0 bridgehead atoms. The van der Waals surface area contributed by atoms with Crippen LogP contribution in [-0.2, 0) is 7.05 Å². The first-order valence-corrected chi connectivity index (χ1v) is 9.42. The summed E-state index contributed by atoms with van der Waals surface area (Å²) in [6.45, 7) is 1.39. The van der Waals surface area contributed by atoms with Crippen LogP contribution in [-0.4, -0.2) is 38.1 Å². The van der Waals surface area contributed by atoms with E-state index < -0.39 is 0 Å². The van der Waals surface area contributed by atoms with Crippen LogP contribution in [0, 0.1) is 0 Å². The average Bonchev–Trinajstić information content (AvgIpc) is 3.16. The van der Waals surface area contributed by atoms with Gasteiger partial charge in [-0.25, -0.2) is 0 Å². The van der Waals surface area contributed by atoms with E-state index in [-0.39, 0.29) is 17.4 Å². The smallest absolute Gasteiger partial charge is 0.274 e. The van der Waals surface area contributed by atoms with Gasteiger partial charge in [-0.15, -0.1) is 0 Å². The SMILES string of the molecule is Cn1c(C2CCN(C(=O)c3ccc(Br)cc3)CC2)cc(=O)n2nccc12. The number of hydrogen-bond acceptors (Lipinski definition) is 3. The number of benzene rings is 1. The summed E-state index contributed by atoms with van der Waals surface area (Å²) < 4.78 is 4.41. The van der Waals surface area contributed by atoms with Crippen LogP contribution in [0.5, 0.6) is 0 Å². The minimum absolute atomic E-state index is 0.0658.